The molecule has 322 valence electrons. The van der Waals surface area contributed by atoms with E-state index in [1.807, 2.05) is 19.9 Å². The lowest BCUT2D eigenvalue weighted by atomic mass is 9.83. The van der Waals surface area contributed by atoms with Crippen LogP contribution in [-0.2, 0) is 30.3 Å². The monoisotopic (exact) mass is 843 g/mol. The first kappa shape index (κ1) is 42.6. The van der Waals surface area contributed by atoms with Crippen LogP contribution in [0, 0.1) is 11.8 Å². The third-order valence-corrected chi connectivity index (χ3v) is 14.9. The first-order valence-electron chi connectivity index (χ1n) is 20.6. The number of pyridine rings is 1. The van der Waals surface area contributed by atoms with E-state index in [1.165, 1.54) is 20.1 Å². The van der Waals surface area contributed by atoms with Crippen molar-refractivity contribution < 1.29 is 51.0 Å². The number of carbonyl (C=O) groups is 4. The van der Waals surface area contributed by atoms with Gasteiger partial charge in [-0.3, -0.25) is 24.0 Å². The van der Waals surface area contributed by atoms with Crippen LogP contribution in [0.3, 0.4) is 0 Å². The van der Waals surface area contributed by atoms with Crippen LogP contribution in [0.15, 0.2) is 30.4 Å². The number of ether oxygens (including phenoxy) is 2. The molecule has 0 bridgehead atoms. The number of carbonyl (C=O) groups excluding carboxylic acids is 3. The van der Waals surface area contributed by atoms with Gasteiger partial charge >= 0.3 is 6.09 Å². The van der Waals surface area contributed by atoms with Crippen molar-refractivity contribution in [1.82, 2.24) is 24.8 Å². The number of halogens is 2. The molecule has 2 aromatic rings. The molecule has 0 radical (unpaired) electrons. The number of fused-ring (bicyclic) bond motifs is 5. The number of nitrogens with zero attached hydrogens (tertiary/aromatic N) is 3. The zero-order valence-corrected chi connectivity index (χ0v) is 35.3. The van der Waals surface area contributed by atoms with Crippen LogP contribution in [-0.4, -0.2) is 100 Å². The fourth-order valence-electron chi connectivity index (χ4n) is 9.03. The van der Waals surface area contributed by atoms with Gasteiger partial charge < -0.3 is 24.8 Å². The average molecular weight is 844 g/mol. The topological polar surface area (TPSA) is 185 Å². The molecule has 2 saturated carbocycles. The molecule has 5 aliphatic rings. The molecular formula is C42H55F2N5O9S. The standard InChI is InChI=1S/C42H55F2N5O9S/c1-24(2)21-48(38(53)54)30-13-11-9-7-8-10-12-26-19-41(26,37(52)47-59(55,56)39(5)16-17-39)46-35(50)31-20-40(23-49(31)36(30)51)22-42(43,44)32-28-18-27(57-6)14-15-29(28)45-33(25(3)4)34(32)58-40/h10,12,14-15,18,24-26,30-31H,7-9,11,13,16-17,19-23H2,1-6H3,(H,46,50)(H,47,52)(H,53,54)/b12-10-/t26-,30+,31+,40+,41-/m1/s1. The number of amides is 4. The first-order valence-corrected chi connectivity index (χ1v) is 22.1. The molecule has 2 aliphatic carbocycles. The number of rotatable bonds is 8. The quantitative estimate of drug-likeness (QED) is 0.267. The number of carboxylic acid groups (broad SMARTS) is 1. The Hall–Kier alpha value is -4.54. The Morgan fingerprint density at radius 3 is 2.51 bits per heavy atom. The highest BCUT2D eigenvalue weighted by Gasteiger charge is 2.65. The molecule has 3 N–H and O–H groups in total. The molecule has 1 aromatic heterocycles. The average Bonchev–Trinajstić information content (AvgIpc) is 4.05. The second-order valence-electron chi connectivity index (χ2n) is 18.2. The van der Waals surface area contributed by atoms with Gasteiger partial charge in [0.25, 0.3) is 11.8 Å². The fourth-order valence-corrected chi connectivity index (χ4v) is 10.3. The molecule has 1 saturated heterocycles. The Morgan fingerprint density at radius 2 is 1.86 bits per heavy atom. The minimum absolute atomic E-state index is 0.00454. The van der Waals surface area contributed by atoms with Crippen molar-refractivity contribution in [3.8, 4) is 11.5 Å². The highest BCUT2D eigenvalue weighted by Crippen LogP contribution is 2.56. The second-order valence-corrected chi connectivity index (χ2v) is 20.4. The van der Waals surface area contributed by atoms with E-state index < -0.39 is 93.0 Å². The van der Waals surface area contributed by atoms with Crippen LogP contribution >= 0.6 is 0 Å². The Morgan fingerprint density at radius 1 is 1.14 bits per heavy atom. The number of methoxy groups -OCH3 is 1. The Balaban J connectivity index is 1.33. The molecule has 1 aromatic carbocycles. The summed E-state index contributed by atoms with van der Waals surface area (Å²) in [5.41, 5.74) is -3.35. The molecule has 59 heavy (non-hydrogen) atoms. The van der Waals surface area contributed by atoms with Crippen molar-refractivity contribution in [2.75, 3.05) is 20.2 Å². The van der Waals surface area contributed by atoms with E-state index in [2.05, 4.69) is 10.0 Å². The highest BCUT2D eigenvalue weighted by molar-refractivity contribution is 7.91. The van der Waals surface area contributed by atoms with Crippen molar-refractivity contribution in [1.29, 1.82) is 0 Å². The van der Waals surface area contributed by atoms with Crippen LogP contribution < -0.4 is 19.5 Å². The van der Waals surface area contributed by atoms with Crippen LogP contribution in [0.2, 0.25) is 0 Å². The fraction of sp³-hybridized carbons (Fsp3) is 0.643. The first-order chi connectivity index (χ1) is 27.7. The zero-order chi connectivity index (χ0) is 42.9. The minimum Gasteiger partial charge on any atom is -0.497 e. The van der Waals surface area contributed by atoms with E-state index in [0.29, 0.717) is 49.8 Å². The van der Waals surface area contributed by atoms with Crippen LogP contribution in [0.25, 0.3) is 10.9 Å². The summed E-state index contributed by atoms with van der Waals surface area (Å²) in [5, 5.41) is 13.4. The highest BCUT2D eigenvalue weighted by atomic mass is 32.2. The number of nitrogens with one attached hydrogen (secondary N) is 2. The van der Waals surface area contributed by atoms with Gasteiger partial charge in [0, 0.05) is 24.3 Å². The van der Waals surface area contributed by atoms with E-state index >= 15 is 13.6 Å². The summed E-state index contributed by atoms with van der Waals surface area (Å²) in [5.74, 6) is -7.03. The molecular weight excluding hydrogens is 789 g/mol. The number of allylic oxidation sites excluding steroid dienone is 1. The van der Waals surface area contributed by atoms with Crippen molar-refractivity contribution in [2.24, 2.45) is 11.8 Å². The molecule has 3 aliphatic heterocycles. The lowest BCUT2D eigenvalue weighted by molar-refractivity contribution is -0.144. The summed E-state index contributed by atoms with van der Waals surface area (Å²) in [7, 11) is -2.68. The van der Waals surface area contributed by atoms with Crippen molar-refractivity contribution in [2.45, 2.75) is 139 Å². The lowest BCUT2D eigenvalue weighted by Crippen LogP contribution is -2.59. The number of aromatic nitrogens is 1. The largest absolute Gasteiger partial charge is 0.497 e. The minimum atomic E-state index is -4.10. The lowest BCUT2D eigenvalue weighted by Gasteiger charge is -2.41. The predicted octanol–water partition coefficient (Wildman–Crippen LogP) is 5.98. The molecule has 1 spiro atoms. The van der Waals surface area contributed by atoms with E-state index in [-0.39, 0.29) is 53.6 Å². The SMILES string of the molecule is COc1ccc2nc(C(C)C)c3c(c2c1)C(F)(F)C[C@]1(C[C@H]2C(=O)N[C@]4(C(=O)NS(=O)(=O)C5(C)CC5)C[C@H]4/C=C\CCCCC[C@H](N(CC(C)C)C(=O)O)C(=O)N2C1)O3. The van der Waals surface area contributed by atoms with Gasteiger partial charge in [-0.1, -0.05) is 52.7 Å². The summed E-state index contributed by atoms with van der Waals surface area (Å²) in [4.78, 5) is 63.6. The summed E-state index contributed by atoms with van der Waals surface area (Å²) < 4.78 is 73.8. The van der Waals surface area contributed by atoms with E-state index in [0.717, 1.165) is 9.80 Å². The van der Waals surface area contributed by atoms with Crippen LogP contribution in [0.5, 0.6) is 11.5 Å². The van der Waals surface area contributed by atoms with E-state index in [4.69, 9.17) is 14.5 Å². The molecule has 3 fully saturated rings. The number of sulfonamides is 1. The summed E-state index contributed by atoms with van der Waals surface area (Å²) >= 11 is 0. The number of alkyl halides is 2. The Labute approximate surface area is 343 Å². The predicted molar refractivity (Wildman–Crippen MR) is 214 cm³/mol. The Kier molecular flexibility index (Phi) is 11.0. The summed E-state index contributed by atoms with van der Waals surface area (Å²) in [6.07, 6.45) is 4.30. The third kappa shape index (κ3) is 7.83. The van der Waals surface area contributed by atoms with E-state index in [9.17, 15) is 27.9 Å². The molecule has 5 atom stereocenters. The molecule has 4 heterocycles. The molecule has 4 amide bonds. The van der Waals surface area contributed by atoms with E-state index in [1.54, 1.807) is 32.1 Å². The molecule has 7 rings (SSSR count). The normalized spacial score (nSPS) is 29.3. The van der Waals surface area contributed by atoms with Crippen molar-refractivity contribution in [3.63, 3.8) is 0 Å². The smallest absolute Gasteiger partial charge is 0.407 e. The van der Waals surface area contributed by atoms with Crippen LogP contribution in [0.4, 0.5) is 13.6 Å². The maximum absolute atomic E-state index is 17.1. The van der Waals surface area contributed by atoms with Gasteiger partial charge in [0.05, 0.1) is 41.6 Å². The van der Waals surface area contributed by atoms with Gasteiger partial charge in [-0.05, 0) is 75.5 Å². The molecule has 14 nitrogen and oxygen atoms in total. The van der Waals surface area contributed by atoms with Gasteiger partial charge in [0.1, 0.15) is 29.0 Å². The van der Waals surface area contributed by atoms with Gasteiger partial charge in [0.15, 0.2) is 5.75 Å². The van der Waals surface area contributed by atoms with Gasteiger partial charge in [-0.15, -0.1) is 0 Å². The zero-order valence-electron chi connectivity index (χ0n) is 34.5. The number of benzene rings is 1. The number of hydrogen-bond acceptors (Lipinski definition) is 9. The molecule has 17 heteroatoms. The number of hydrogen-bond donors (Lipinski definition) is 3. The summed E-state index contributed by atoms with van der Waals surface area (Å²) in [6.45, 7) is 8.27. The van der Waals surface area contributed by atoms with Crippen molar-refractivity contribution >= 4 is 44.7 Å². The van der Waals surface area contributed by atoms with Gasteiger partial charge in [-0.2, -0.15) is 0 Å². The Bertz CT molecular complexity index is 2190. The van der Waals surface area contributed by atoms with Crippen LogP contribution in [0.1, 0.15) is 116 Å². The van der Waals surface area contributed by atoms with Crippen molar-refractivity contribution in [3.05, 3.63) is 41.6 Å². The van der Waals surface area contributed by atoms with Gasteiger partial charge in [0.2, 0.25) is 21.8 Å². The van der Waals surface area contributed by atoms with Gasteiger partial charge in [-0.25, -0.2) is 27.0 Å². The second kappa shape index (κ2) is 15.2. The maximum Gasteiger partial charge on any atom is 0.407 e. The maximum atomic E-state index is 17.1. The molecule has 0 unspecified atom stereocenters. The summed E-state index contributed by atoms with van der Waals surface area (Å²) in [6, 6.07) is 1.96. The third-order valence-electron chi connectivity index (χ3n) is 12.7.